The molecule has 0 bridgehead atoms. The number of para-hydroxylation sites is 2. The number of nitrogens with one attached hydrogen (secondary N) is 2. The monoisotopic (exact) mass is 535 g/mol. The van der Waals surface area contributed by atoms with Gasteiger partial charge in [-0.05, 0) is 55.8 Å². The van der Waals surface area contributed by atoms with Crippen LogP contribution in [0, 0.1) is 6.92 Å². The van der Waals surface area contributed by atoms with Gasteiger partial charge in [0, 0.05) is 24.0 Å². The number of hydrogen-bond donors (Lipinski definition) is 2. The van der Waals surface area contributed by atoms with Gasteiger partial charge in [0.25, 0.3) is 0 Å². The Morgan fingerprint density at radius 2 is 1.76 bits per heavy atom. The largest absolute Gasteiger partial charge is 0.481 e. The van der Waals surface area contributed by atoms with Crippen molar-refractivity contribution in [3.8, 4) is 11.4 Å². The van der Waals surface area contributed by atoms with Crippen LogP contribution in [0.25, 0.3) is 5.69 Å². The fourth-order valence-corrected chi connectivity index (χ4v) is 4.53. The summed E-state index contributed by atoms with van der Waals surface area (Å²) in [5.41, 5.74) is 2.99. The lowest BCUT2D eigenvalue weighted by molar-refractivity contribution is -0.114. The topological polar surface area (TPSA) is 98.1 Å². The molecular weight excluding hydrogens is 510 g/mol. The highest BCUT2D eigenvalue weighted by Crippen LogP contribution is 2.31. The molecular formula is C27H26ClN5O3S. The number of aryl methyl sites for hydroxylation is 1. The van der Waals surface area contributed by atoms with Gasteiger partial charge in [0.2, 0.25) is 11.8 Å². The molecule has 190 valence electrons. The first-order valence-corrected chi connectivity index (χ1v) is 12.9. The second-order valence-corrected chi connectivity index (χ2v) is 9.60. The number of ether oxygens (including phenoxy) is 1. The van der Waals surface area contributed by atoms with Crippen molar-refractivity contribution < 1.29 is 14.3 Å². The van der Waals surface area contributed by atoms with E-state index in [1.807, 2.05) is 66.9 Å². The number of rotatable bonds is 9. The third-order valence-corrected chi connectivity index (χ3v) is 6.58. The molecule has 4 aromatic rings. The Kier molecular flexibility index (Phi) is 8.47. The van der Waals surface area contributed by atoms with Gasteiger partial charge < -0.3 is 15.4 Å². The summed E-state index contributed by atoms with van der Waals surface area (Å²) in [6, 6.07) is 22.3. The average molecular weight is 536 g/mol. The zero-order chi connectivity index (χ0) is 26.4. The predicted molar refractivity (Wildman–Crippen MR) is 147 cm³/mol. The molecule has 0 saturated heterocycles. The van der Waals surface area contributed by atoms with Crippen LogP contribution in [-0.4, -0.2) is 32.3 Å². The number of benzene rings is 3. The Morgan fingerprint density at radius 3 is 2.49 bits per heavy atom. The summed E-state index contributed by atoms with van der Waals surface area (Å²) < 4.78 is 7.96. The maximum absolute atomic E-state index is 12.8. The molecule has 1 atom stereocenters. The van der Waals surface area contributed by atoms with Crippen molar-refractivity contribution in [1.29, 1.82) is 0 Å². The maximum atomic E-state index is 12.8. The molecule has 37 heavy (non-hydrogen) atoms. The zero-order valence-corrected chi connectivity index (χ0v) is 22.1. The molecule has 0 spiro atoms. The van der Waals surface area contributed by atoms with Crippen molar-refractivity contribution in [3.05, 3.63) is 89.2 Å². The maximum Gasteiger partial charge on any atom is 0.234 e. The van der Waals surface area contributed by atoms with Gasteiger partial charge in [-0.15, -0.1) is 10.2 Å². The van der Waals surface area contributed by atoms with Gasteiger partial charge in [0.1, 0.15) is 5.75 Å². The van der Waals surface area contributed by atoms with Crippen molar-refractivity contribution in [3.63, 3.8) is 0 Å². The molecule has 0 radical (unpaired) electrons. The lowest BCUT2D eigenvalue weighted by Gasteiger charge is -2.17. The summed E-state index contributed by atoms with van der Waals surface area (Å²) >= 11 is 7.54. The summed E-state index contributed by atoms with van der Waals surface area (Å²) in [6.07, 6.45) is -0.462. The molecule has 0 aliphatic rings. The number of nitrogens with zero attached hydrogens (tertiary/aromatic N) is 3. The van der Waals surface area contributed by atoms with Gasteiger partial charge in [-0.1, -0.05) is 59.8 Å². The number of thioether (sulfide) groups is 1. The van der Waals surface area contributed by atoms with E-state index in [9.17, 15) is 9.59 Å². The van der Waals surface area contributed by atoms with E-state index >= 15 is 0 Å². The van der Waals surface area contributed by atoms with E-state index in [1.54, 1.807) is 24.3 Å². The molecule has 10 heteroatoms. The molecule has 2 amide bonds. The number of halogens is 1. The van der Waals surface area contributed by atoms with Crippen LogP contribution in [0.5, 0.6) is 5.75 Å². The molecule has 3 aromatic carbocycles. The molecule has 8 nitrogen and oxygen atoms in total. The fourth-order valence-electron chi connectivity index (χ4n) is 3.59. The first kappa shape index (κ1) is 26.2. The Labute approximate surface area is 224 Å². The normalized spacial score (nSPS) is 11.6. The van der Waals surface area contributed by atoms with Crippen LogP contribution >= 0.6 is 23.4 Å². The van der Waals surface area contributed by atoms with E-state index in [0.29, 0.717) is 33.1 Å². The Morgan fingerprint density at radius 1 is 1.03 bits per heavy atom. The summed E-state index contributed by atoms with van der Waals surface area (Å²) in [5.74, 6) is 0.837. The Balaban J connectivity index is 1.51. The van der Waals surface area contributed by atoms with E-state index in [2.05, 4.69) is 20.8 Å². The lowest BCUT2D eigenvalue weighted by atomic mass is 10.2. The minimum atomic E-state index is -0.462. The third kappa shape index (κ3) is 6.69. The number of aromatic nitrogens is 3. The third-order valence-electron chi connectivity index (χ3n) is 5.34. The van der Waals surface area contributed by atoms with Crippen molar-refractivity contribution >= 4 is 46.6 Å². The zero-order valence-electron chi connectivity index (χ0n) is 20.6. The molecule has 2 N–H and O–H groups in total. The summed E-state index contributed by atoms with van der Waals surface area (Å²) in [6.45, 7) is 5.20. The number of amides is 2. The Bertz CT molecular complexity index is 1410. The number of carbonyl (C=O) groups excluding carboxylic acids is 2. The van der Waals surface area contributed by atoms with Crippen molar-refractivity contribution in [1.82, 2.24) is 14.8 Å². The van der Waals surface area contributed by atoms with E-state index in [4.69, 9.17) is 16.3 Å². The second-order valence-electron chi connectivity index (χ2n) is 8.25. The van der Waals surface area contributed by atoms with Gasteiger partial charge in [0.05, 0.1) is 10.8 Å². The highest BCUT2D eigenvalue weighted by molar-refractivity contribution is 7.99. The minimum absolute atomic E-state index is 0.105. The van der Waals surface area contributed by atoms with Crippen LogP contribution in [0.1, 0.15) is 31.3 Å². The fraction of sp³-hybridized carbons (Fsp3) is 0.185. The number of anilines is 2. The van der Waals surface area contributed by atoms with Crippen LogP contribution in [0.15, 0.2) is 78.0 Å². The lowest BCUT2D eigenvalue weighted by Crippen LogP contribution is -2.16. The first-order chi connectivity index (χ1) is 17.8. The molecule has 0 aliphatic heterocycles. The van der Waals surface area contributed by atoms with Crippen molar-refractivity contribution in [2.45, 2.75) is 32.0 Å². The molecule has 0 saturated carbocycles. The summed E-state index contributed by atoms with van der Waals surface area (Å²) in [7, 11) is 0. The molecule has 0 aliphatic carbocycles. The molecule has 1 heterocycles. The van der Waals surface area contributed by atoms with Crippen LogP contribution in [0.4, 0.5) is 11.4 Å². The van der Waals surface area contributed by atoms with Crippen LogP contribution in [0.3, 0.4) is 0 Å². The van der Waals surface area contributed by atoms with Gasteiger partial charge in [-0.2, -0.15) is 0 Å². The molecule has 0 fully saturated rings. The van der Waals surface area contributed by atoms with E-state index < -0.39 is 6.10 Å². The summed E-state index contributed by atoms with van der Waals surface area (Å²) in [5, 5.41) is 15.4. The molecule has 4 rings (SSSR count). The van der Waals surface area contributed by atoms with Crippen molar-refractivity contribution in [2.24, 2.45) is 0 Å². The van der Waals surface area contributed by atoms with Gasteiger partial charge >= 0.3 is 0 Å². The van der Waals surface area contributed by atoms with Gasteiger partial charge in [-0.25, -0.2) is 0 Å². The smallest absolute Gasteiger partial charge is 0.234 e. The number of hydrogen-bond acceptors (Lipinski definition) is 6. The van der Waals surface area contributed by atoms with Gasteiger partial charge in [-0.3, -0.25) is 14.2 Å². The average Bonchev–Trinajstić information content (AvgIpc) is 3.30. The SMILES string of the molecule is CC(=O)Nc1cc(NC(=O)CSc2nnc(C(C)Oc3ccccc3Cl)n2-c2ccccc2)ccc1C. The Hall–Kier alpha value is -3.82. The predicted octanol–water partition coefficient (Wildman–Crippen LogP) is 6.06. The van der Waals surface area contributed by atoms with E-state index in [1.165, 1.54) is 18.7 Å². The van der Waals surface area contributed by atoms with Crippen LogP contribution < -0.4 is 15.4 Å². The molecule has 1 aromatic heterocycles. The van der Waals surface area contributed by atoms with Crippen LogP contribution in [-0.2, 0) is 9.59 Å². The van der Waals surface area contributed by atoms with Crippen molar-refractivity contribution in [2.75, 3.05) is 16.4 Å². The summed E-state index contributed by atoms with van der Waals surface area (Å²) in [4.78, 5) is 24.2. The highest BCUT2D eigenvalue weighted by Gasteiger charge is 2.22. The molecule has 1 unspecified atom stereocenters. The highest BCUT2D eigenvalue weighted by atomic mass is 35.5. The number of carbonyl (C=O) groups is 2. The van der Waals surface area contributed by atoms with E-state index in [-0.39, 0.29) is 17.6 Å². The van der Waals surface area contributed by atoms with Gasteiger partial charge in [0.15, 0.2) is 17.1 Å². The minimum Gasteiger partial charge on any atom is -0.481 e. The quantitative estimate of drug-likeness (QED) is 0.253. The second kappa shape index (κ2) is 11.9. The van der Waals surface area contributed by atoms with E-state index in [0.717, 1.165) is 11.3 Å². The van der Waals surface area contributed by atoms with Crippen LogP contribution in [0.2, 0.25) is 5.02 Å². The standard InChI is InChI=1S/C27H26ClN5O3S/c1-17-13-14-20(15-23(17)29-19(3)34)30-25(35)16-37-27-32-31-26(33(27)21-9-5-4-6-10-21)18(2)36-24-12-8-7-11-22(24)28/h4-15,18H,16H2,1-3H3,(H,29,34)(H,30,35). The first-order valence-electron chi connectivity index (χ1n) is 11.5.